The highest BCUT2D eigenvalue weighted by Crippen LogP contribution is 2.30. The fourth-order valence-electron chi connectivity index (χ4n) is 3.08. The fourth-order valence-corrected chi connectivity index (χ4v) is 3.08. The van der Waals surface area contributed by atoms with Gasteiger partial charge in [-0.2, -0.15) is 0 Å². The summed E-state index contributed by atoms with van der Waals surface area (Å²) < 4.78 is 27.0. The molecule has 0 saturated carbocycles. The van der Waals surface area contributed by atoms with Gasteiger partial charge in [-0.3, -0.25) is 4.90 Å². The highest BCUT2D eigenvalue weighted by atomic mass is 19.1. The maximum absolute atomic E-state index is 14.0. The van der Waals surface area contributed by atoms with Crippen molar-refractivity contribution in [2.45, 2.75) is 44.7 Å². The van der Waals surface area contributed by atoms with Gasteiger partial charge in [0.1, 0.15) is 11.6 Å². The number of halogens is 2. The van der Waals surface area contributed by atoms with E-state index in [2.05, 4.69) is 11.8 Å². The minimum Gasteiger partial charge on any atom is -0.329 e. The Balaban J connectivity index is 2.27. The van der Waals surface area contributed by atoms with E-state index in [4.69, 9.17) is 5.73 Å². The van der Waals surface area contributed by atoms with Gasteiger partial charge >= 0.3 is 0 Å². The molecule has 2 atom stereocenters. The van der Waals surface area contributed by atoms with Crippen LogP contribution in [0.15, 0.2) is 18.2 Å². The number of hydrogen-bond donors (Lipinski definition) is 1. The highest BCUT2D eigenvalue weighted by Gasteiger charge is 2.29. The lowest BCUT2D eigenvalue weighted by atomic mass is 9.94. The number of hydrogen-bond acceptors (Lipinski definition) is 2. The fraction of sp³-hybridized carbons (Fsp3) is 0.600. The maximum atomic E-state index is 14.0. The van der Waals surface area contributed by atoms with E-state index < -0.39 is 11.6 Å². The molecule has 2 rings (SSSR count). The summed E-state index contributed by atoms with van der Waals surface area (Å²) in [6.45, 7) is 3.45. The second-order valence-electron chi connectivity index (χ2n) is 5.21. The van der Waals surface area contributed by atoms with Crippen molar-refractivity contribution in [3.63, 3.8) is 0 Å². The number of benzene rings is 1. The van der Waals surface area contributed by atoms with Crippen molar-refractivity contribution >= 4 is 0 Å². The predicted octanol–water partition coefficient (Wildman–Crippen LogP) is 3.23. The molecule has 2 nitrogen and oxygen atoms in total. The molecule has 0 bridgehead atoms. The first-order valence-electron chi connectivity index (χ1n) is 7.08. The molecule has 0 aromatic heterocycles. The maximum Gasteiger partial charge on any atom is 0.130 e. The Kier molecular flexibility index (Phi) is 4.88. The third kappa shape index (κ3) is 3.12. The van der Waals surface area contributed by atoms with Crippen LogP contribution in [0, 0.1) is 11.6 Å². The lowest BCUT2D eigenvalue weighted by molar-refractivity contribution is 0.0930. The second-order valence-corrected chi connectivity index (χ2v) is 5.21. The van der Waals surface area contributed by atoms with Gasteiger partial charge in [-0.05, 0) is 31.9 Å². The molecule has 1 fully saturated rings. The van der Waals surface area contributed by atoms with Crippen molar-refractivity contribution in [1.82, 2.24) is 4.90 Å². The zero-order chi connectivity index (χ0) is 13.8. The summed E-state index contributed by atoms with van der Waals surface area (Å²) >= 11 is 0. The molecule has 106 valence electrons. The summed E-state index contributed by atoms with van der Waals surface area (Å²) in [5, 5.41) is 0. The molecular formula is C15H22F2N2. The van der Waals surface area contributed by atoms with Gasteiger partial charge in [0.25, 0.3) is 0 Å². The molecule has 1 heterocycles. The lowest BCUT2D eigenvalue weighted by Crippen LogP contribution is -2.44. The summed E-state index contributed by atoms with van der Waals surface area (Å²) in [6, 6.07) is 4.09. The molecule has 0 radical (unpaired) electrons. The first kappa shape index (κ1) is 14.4. The minimum atomic E-state index is -0.539. The van der Waals surface area contributed by atoms with E-state index in [9.17, 15) is 8.78 Å². The quantitative estimate of drug-likeness (QED) is 0.908. The third-order valence-corrected chi connectivity index (χ3v) is 4.09. The number of likely N-dealkylation sites (tertiary alicyclic amines) is 1. The van der Waals surface area contributed by atoms with Crippen LogP contribution in [0.25, 0.3) is 0 Å². The van der Waals surface area contributed by atoms with Crippen LogP contribution in [0.3, 0.4) is 0 Å². The van der Waals surface area contributed by atoms with Gasteiger partial charge < -0.3 is 5.73 Å². The second kappa shape index (κ2) is 6.44. The molecule has 19 heavy (non-hydrogen) atoms. The Morgan fingerprint density at radius 1 is 1.37 bits per heavy atom. The SMILES string of the molecule is CCC1CCCCN1C(CN)c1ccc(F)cc1F. The van der Waals surface area contributed by atoms with E-state index in [-0.39, 0.29) is 6.04 Å². The van der Waals surface area contributed by atoms with Gasteiger partial charge in [0, 0.05) is 24.2 Å². The van der Waals surface area contributed by atoms with Crippen molar-refractivity contribution in [3.05, 3.63) is 35.4 Å². The molecule has 1 saturated heterocycles. The van der Waals surface area contributed by atoms with Crippen LogP contribution in [0.2, 0.25) is 0 Å². The summed E-state index contributed by atoms with van der Waals surface area (Å²) in [4.78, 5) is 2.29. The zero-order valence-electron chi connectivity index (χ0n) is 11.4. The summed E-state index contributed by atoms with van der Waals surface area (Å²) in [6.07, 6.45) is 4.52. The lowest BCUT2D eigenvalue weighted by Gasteiger charge is -2.41. The summed E-state index contributed by atoms with van der Waals surface area (Å²) in [5.41, 5.74) is 6.38. The highest BCUT2D eigenvalue weighted by molar-refractivity contribution is 5.23. The van der Waals surface area contributed by atoms with E-state index in [0.29, 0.717) is 18.2 Å². The molecular weight excluding hydrogens is 246 g/mol. The molecule has 2 N–H and O–H groups in total. The Hall–Kier alpha value is -1.00. The summed E-state index contributed by atoms with van der Waals surface area (Å²) in [5.74, 6) is -1.03. The van der Waals surface area contributed by atoms with Gasteiger partial charge in [0.15, 0.2) is 0 Å². The molecule has 2 unspecified atom stereocenters. The number of nitrogens with two attached hydrogens (primary N) is 1. The van der Waals surface area contributed by atoms with Crippen molar-refractivity contribution < 1.29 is 8.78 Å². The molecule has 4 heteroatoms. The van der Waals surface area contributed by atoms with Gasteiger partial charge in [0.05, 0.1) is 6.04 Å². The molecule has 0 aliphatic carbocycles. The van der Waals surface area contributed by atoms with Crippen LogP contribution in [0.1, 0.15) is 44.2 Å². The molecule has 1 aliphatic rings. The van der Waals surface area contributed by atoms with Crippen molar-refractivity contribution in [2.24, 2.45) is 5.73 Å². The third-order valence-electron chi connectivity index (χ3n) is 4.09. The van der Waals surface area contributed by atoms with E-state index >= 15 is 0 Å². The first-order chi connectivity index (χ1) is 9.17. The number of rotatable bonds is 4. The largest absolute Gasteiger partial charge is 0.329 e. The van der Waals surface area contributed by atoms with Gasteiger partial charge in [0.2, 0.25) is 0 Å². The van der Waals surface area contributed by atoms with Crippen molar-refractivity contribution in [1.29, 1.82) is 0 Å². The van der Waals surface area contributed by atoms with Gasteiger partial charge in [-0.1, -0.05) is 19.4 Å². The van der Waals surface area contributed by atoms with Crippen molar-refractivity contribution in [3.8, 4) is 0 Å². The molecule has 1 aromatic carbocycles. The topological polar surface area (TPSA) is 29.3 Å². The molecule has 0 amide bonds. The smallest absolute Gasteiger partial charge is 0.130 e. The predicted molar refractivity (Wildman–Crippen MR) is 72.8 cm³/mol. The monoisotopic (exact) mass is 268 g/mol. The molecule has 0 spiro atoms. The Morgan fingerprint density at radius 3 is 2.79 bits per heavy atom. The van der Waals surface area contributed by atoms with Crippen LogP contribution in [0.5, 0.6) is 0 Å². The molecule has 1 aromatic rings. The van der Waals surface area contributed by atoms with Crippen LogP contribution in [0.4, 0.5) is 8.78 Å². The van der Waals surface area contributed by atoms with E-state index in [1.807, 2.05) is 0 Å². The average Bonchev–Trinajstić information content (AvgIpc) is 2.42. The van der Waals surface area contributed by atoms with Crippen LogP contribution < -0.4 is 5.73 Å². The Labute approximate surface area is 113 Å². The van der Waals surface area contributed by atoms with E-state index in [1.165, 1.54) is 18.6 Å². The van der Waals surface area contributed by atoms with E-state index in [0.717, 1.165) is 31.9 Å². The van der Waals surface area contributed by atoms with Crippen LogP contribution in [-0.4, -0.2) is 24.0 Å². The van der Waals surface area contributed by atoms with Crippen LogP contribution in [-0.2, 0) is 0 Å². The van der Waals surface area contributed by atoms with Crippen LogP contribution >= 0.6 is 0 Å². The van der Waals surface area contributed by atoms with Gasteiger partial charge in [-0.15, -0.1) is 0 Å². The first-order valence-corrected chi connectivity index (χ1v) is 7.08. The van der Waals surface area contributed by atoms with E-state index in [1.54, 1.807) is 0 Å². The summed E-state index contributed by atoms with van der Waals surface area (Å²) in [7, 11) is 0. The molecule has 1 aliphatic heterocycles. The Morgan fingerprint density at radius 2 is 2.16 bits per heavy atom. The van der Waals surface area contributed by atoms with Crippen molar-refractivity contribution in [2.75, 3.05) is 13.1 Å². The number of piperidine rings is 1. The minimum absolute atomic E-state index is 0.147. The number of nitrogens with zero attached hydrogens (tertiary/aromatic N) is 1. The van der Waals surface area contributed by atoms with Gasteiger partial charge in [-0.25, -0.2) is 8.78 Å². The standard InChI is InChI=1S/C15H22F2N2/c1-2-12-5-3-4-8-19(12)15(10-18)13-7-6-11(16)9-14(13)17/h6-7,9,12,15H,2-5,8,10,18H2,1H3. The normalized spacial score (nSPS) is 22.4. The average molecular weight is 268 g/mol. The Bertz CT molecular complexity index is 423. The zero-order valence-corrected chi connectivity index (χ0v) is 11.4.